The molecule has 150 valence electrons. The summed E-state index contributed by atoms with van der Waals surface area (Å²) >= 11 is 6.34. The van der Waals surface area contributed by atoms with Gasteiger partial charge in [-0.05, 0) is 48.6 Å². The molecule has 30 heavy (non-hydrogen) atoms. The number of carbonyl (C=O) groups is 2. The molecule has 0 spiro atoms. The number of furan rings is 1. The second-order valence-electron chi connectivity index (χ2n) is 6.20. The molecule has 9 heteroatoms. The molecule has 0 radical (unpaired) electrons. The summed E-state index contributed by atoms with van der Waals surface area (Å²) in [5.74, 6) is -0.578. The summed E-state index contributed by atoms with van der Waals surface area (Å²) in [5, 5.41) is 20.4. The lowest BCUT2D eigenvalue weighted by atomic mass is 10.1. The first-order valence-corrected chi connectivity index (χ1v) is 9.91. The van der Waals surface area contributed by atoms with Crippen molar-refractivity contribution in [3.8, 4) is 17.1 Å². The quantitative estimate of drug-likeness (QED) is 0.393. The lowest BCUT2D eigenvalue weighted by Crippen LogP contribution is -2.34. The fraction of sp³-hybridized carbons (Fsp3) is 0. The SMILES string of the molecule is O=C(O)c1ccccc1NN1C(=O)C(=Cc2ccc(-c3ccccc3O)o2)SC1=S. The van der Waals surface area contributed by atoms with Crippen LogP contribution in [0.5, 0.6) is 5.75 Å². The fourth-order valence-electron chi connectivity index (χ4n) is 2.84. The van der Waals surface area contributed by atoms with Crippen LogP contribution in [0.25, 0.3) is 17.4 Å². The summed E-state index contributed by atoms with van der Waals surface area (Å²) in [6.45, 7) is 0. The first kappa shape index (κ1) is 19.7. The Kier molecular flexibility index (Phi) is 5.30. The van der Waals surface area contributed by atoms with Crippen LogP contribution in [-0.2, 0) is 4.79 Å². The minimum atomic E-state index is -1.12. The molecule has 1 fully saturated rings. The number of hydrogen-bond acceptors (Lipinski definition) is 7. The van der Waals surface area contributed by atoms with Crippen molar-refractivity contribution in [2.75, 3.05) is 5.43 Å². The zero-order chi connectivity index (χ0) is 21.3. The van der Waals surface area contributed by atoms with Crippen molar-refractivity contribution < 1.29 is 24.2 Å². The first-order chi connectivity index (χ1) is 14.4. The molecular weight excluding hydrogens is 424 g/mol. The Morgan fingerprint density at radius 1 is 1.10 bits per heavy atom. The molecule has 0 aliphatic carbocycles. The number of aromatic carboxylic acids is 1. The van der Waals surface area contributed by atoms with Gasteiger partial charge in [-0.15, -0.1) is 0 Å². The highest BCUT2D eigenvalue weighted by atomic mass is 32.2. The highest BCUT2D eigenvalue weighted by Gasteiger charge is 2.33. The number of phenols is 1. The van der Waals surface area contributed by atoms with Crippen molar-refractivity contribution in [1.29, 1.82) is 0 Å². The Bertz CT molecular complexity index is 1200. The number of aromatic hydroxyl groups is 1. The van der Waals surface area contributed by atoms with Gasteiger partial charge in [0.2, 0.25) is 0 Å². The largest absolute Gasteiger partial charge is 0.507 e. The number of thioether (sulfide) groups is 1. The fourth-order valence-corrected chi connectivity index (χ4v) is 4.00. The molecule has 2 aromatic carbocycles. The number of nitrogens with one attached hydrogen (secondary N) is 1. The van der Waals surface area contributed by atoms with Crippen LogP contribution in [0, 0.1) is 0 Å². The lowest BCUT2D eigenvalue weighted by molar-refractivity contribution is -0.121. The van der Waals surface area contributed by atoms with Gasteiger partial charge in [0.05, 0.1) is 21.7 Å². The summed E-state index contributed by atoms with van der Waals surface area (Å²) in [4.78, 5) is 24.5. The molecule has 1 aliphatic rings. The number of carboxylic acid groups (broad SMARTS) is 1. The lowest BCUT2D eigenvalue weighted by Gasteiger charge is -2.18. The topological polar surface area (TPSA) is 103 Å². The summed E-state index contributed by atoms with van der Waals surface area (Å²) in [6, 6.07) is 16.4. The molecule has 3 N–H and O–H groups in total. The van der Waals surface area contributed by atoms with E-state index in [1.807, 2.05) is 0 Å². The van der Waals surface area contributed by atoms with E-state index < -0.39 is 11.9 Å². The van der Waals surface area contributed by atoms with E-state index >= 15 is 0 Å². The van der Waals surface area contributed by atoms with Crippen LogP contribution in [0.1, 0.15) is 16.1 Å². The maximum Gasteiger partial charge on any atom is 0.337 e. The van der Waals surface area contributed by atoms with Crippen LogP contribution in [0.3, 0.4) is 0 Å². The van der Waals surface area contributed by atoms with Gasteiger partial charge < -0.3 is 14.6 Å². The van der Waals surface area contributed by atoms with Crippen molar-refractivity contribution in [2.24, 2.45) is 0 Å². The zero-order valence-electron chi connectivity index (χ0n) is 15.2. The third-order valence-corrected chi connectivity index (χ3v) is 5.56. The molecule has 7 nitrogen and oxygen atoms in total. The van der Waals surface area contributed by atoms with Gasteiger partial charge >= 0.3 is 5.97 Å². The number of rotatable bonds is 5. The Balaban J connectivity index is 1.57. The minimum Gasteiger partial charge on any atom is -0.507 e. The normalized spacial score (nSPS) is 15.1. The maximum atomic E-state index is 12.8. The van der Waals surface area contributed by atoms with E-state index in [0.29, 0.717) is 22.0 Å². The van der Waals surface area contributed by atoms with Crippen molar-refractivity contribution in [1.82, 2.24) is 5.01 Å². The Labute approximate surface area is 180 Å². The summed E-state index contributed by atoms with van der Waals surface area (Å²) in [7, 11) is 0. The van der Waals surface area contributed by atoms with E-state index in [9.17, 15) is 19.8 Å². The number of hydrogen-bond donors (Lipinski definition) is 3. The molecule has 3 aromatic rings. The van der Waals surface area contributed by atoms with Crippen molar-refractivity contribution in [3.63, 3.8) is 0 Å². The molecule has 1 saturated heterocycles. The van der Waals surface area contributed by atoms with Crippen LogP contribution in [0.4, 0.5) is 5.69 Å². The molecule has 1 aromatic heterocycles. The van der Waals surface area contributed by atoms with E-state index in [-0.39, 0.29) is 21.3 Å². The molecule has 1 amide bonds. The van der Waals surface area contributed by atoms with Gasteiger partial charge in [0.15, 0.2) is 4.32 Å². The molecule has 0 saturated carbocycles. The number of thiocarbonyl (C=S) groups is 1. The van der Waals surface area contributed by atoms with Crippen LogP contribution < -0.4 is 5.43 Å². The van der Waals surface area contributed by atoms with E-state index in [4.69, 9.17) is 16.6 Å². The van der Waals surface area contributed by atoms with Gasteiger partial charge in [-0.1, -0.05) is 36.0 Å². The number of carbonyl (C=O) groups excluding carboxylic acids is 1. The number of para-hydroxylation sites is 2. The molecular formula is C21H14N2O5S2. The molecule has 1 aliphatic heterocycles. The van der Waals surface area contributed by atoms with Crippen molar-refractivity contribution in [3.05, 3.63) is 76.9 Å². The van der Waals surface area contributed by atoms with E-state index in [0.717, 1.165) is 16.8 Å². The van der Waals surface area contributed by atoms with Crippen molar-refractivity contribution >= 4 is 51.9 Å². The maximum absolute atomic E-state index is 12.8. The van der Waals surface area contributed by atoms with Gasteiger partial charge in [0, 0.05) is 6.08 Å². The van der Waals surface area contributed by atoms with Crippen molar-refractivity contribution in [2.45, 2.75) is 0 Å². The summed E-state index contributed by atoms with van der Waals surface area (Å²) in [5.41, 5.74) is 3.59. The van der Waals surface area contributed by atoms with Gasteiger partial charge in [0.1, 0.15) is 17.3 Å². The highest BCUT2D eigenvalue weighted by Crippen LogP contribution is 2.35. The van der Waals surface area contributed by atoms with Crippen LogP contribution in [-0.4, -0.2) is 31.4 Å². The average molecular weight is 438 g/mol. The number of amides is 1. The Morgan fingerprint density at radius 3 is 2.60 bits per heavy atom. The third-order valence-electron chi connectivity index (χ3n) is 4.25. The highest BCUT2D eigenvalue weighted by molar-refractivity contribution is 8.26. The molecule has 0 bridgehead atoms. The monoisotopic (exact) mass is 438 g/mol. The molecule has 2 heterocycles. The van der Waals surface area contributed by atoms with Gasteiger partial charge in [-0.25, -0.2) is 9.80 Å². The number of carboxylic acids is 1. The molecule has 0 atom stereocenters. The number of benzene rings is 2. The second-order valence-corrected chi connectivity index (χ2v) is 7.87. The smallest absolute Gasteiger partial charge is 0.337 e. The zero-order valence-corrected chi connectivity index (χ0v) is 16.9. The molecule has 4 rings (SSSR count). The third kappa shape index (κ3) is 3.80. The van der Waals surface area contributed by atoms with E-state index in [1.54, 1.807) is 60.7 Å². The summed E-state index contributed by atoms with van der Waals surface area (Å²) < 4.78 is 5.97. The molecule has 0 unspecified atom stereocenters. The number of phenolic OH excluding ortho intramolecular Hbond substituents is 1. The van der Waals surface area contributed by atoms with E-state index in [2.05, 4.69) is 5.43 Å². The van der Waals surface area contributed by atoms with Gasteiger partial charge in [0.25, 0.3) is 5.91 Å². The predicted octanol–water partition coefficient (Wildman–Crippen LogP) is 4.58. The van der Waals surface area contributed by atoms with Gasteiger partial charge in [-0.2, -0.15) is 0 Å². The standard InChI is InChI=1S/C21H14N2O5S2/c24-16-8-4-2-6-14(16)17-10-9-12(28-17)11-18-19(25)23(21(29)30-18)22-15-7-3-1-5-13(15)20(26)27/h1-11,22,24H,(H,26,27). The minimum absolute atomic E-state index is 0.0221. The van der Waals surface area contributed by atoms with Crippen LogP contribution in [0.2, 0.25) is 0 Å². The number of anilines is 1. The second kappa shape index (κ2) is 8.05. The predicted molar refractivity (Wildman–Crippen MR) is 118 cm³/mol. The Morgan fingerprint density at radius 2 is 1.83 bits per heavy atom. The average Bonchev–Trinajstić information content (AvgIpc) is 3.29. The van der Waals surface area contributed by atoms with E-state index in [1.165, 1.54) is 6.07 Å². The first-order valence-electron chi connectivity index (χ1n) is 8.69. The van der Waals surface area contributed by atoms with Crippen LogP contribution >= 0.6 is 24.0 Å². The number of hydrazine groups is 1. The van der Waals surface area contributed by atoms with Gasteiger partial charge in [-0.3, -0.25) is 10.2 Å². The van der Waals surface area contributed by atoms with Crippen LogP contribution in [0.15, 0.2) is 70.0 Å². The summed E-state index contributed by atoms with van der Waals surface area (Å²) in [6.07, 6.45) is 1.55. The Hall–Kier alpha value is -3.56. The number of nitrogens with zero attached hydrogens (tertiary/aromatic N) is 1.